The summed E-state index contributed by atoms with van der Waals surface area (Å²) in [4.78, 5) is 10.6. The minimum Gasteiger partial charge on any atom is -0.383 e. The van der Waals surface area contributed by atoms with Crippen molar-refractivity contribution in [2.75, 3.05) is 25.2 Å². The first-order chi connectivity index (χ1) is 9.60. The van der Waals surface area contributed by atoms with Gasteiger partial charge in [0.05, 0.1) is 6.61 Å². The van der Waals surface area contributed by atoms with Gasteiger partial charge in [-0.15, -0.1) is 0 Å². The van der Waals surface area contributed by atoms with Crippen LogP contribution in [-0.4, -0.2) is 45.9 Å². The van der Waals surface area contributed by atoms with Gasteiger partial charge in [-0.1, -0.05) is 18.5 Å². The number of methoxy groups -OCH3 is 1. The molecule has 7 heteroatoms. The maximum atomic E-state index is 6.23. The molecule has 2 aromatic rings. The van der Waals surface area contributed by atoms with Crippen LogP contribution in [0.3, 0.4) is 0 Å². The van der Waals surface area contributed by atoms with Crippen molar-refractivity contribution in [2.24, 2.45) is 0 Å². The normalized spacial score (nSPS) is 12.8. The summed E-state index contributed by atoms with van der Waals surface area (Å²) < 4.78 is 6.96. The summed E-state index contributed by atoms with van der Waals surface area (Å²) in [6.07, 6.45) is 2.51. The van der Waals surface area contributed by atoms with Gasteiger partial charge in [0.2, 0.25) is 0 Å². The Kier molecular flexibility index (Phi) is 4.77. The number of ether oxygens (including phenoxy) is 1. The Bertz CT molecular complexity index is 585. The van der Waals surface area contributed by atoms with Crippen molar-refractivity contribution in [1.82, 2.24) is 19.6 Å². The van der Waals surface area contributed by atoms with E-state index in [4.69, 9.17) is 16.3 Å². The second-order valence-corrected chi connectivity index (χ2v) is 5.12. The topological polar surface area (TPSA) is 55.5 Å². The van der Waals surface area contributed by atoms with Gasteiger partial charge < -0.3 is 9.64 Å². The quantitative estimate of drug-likeness (QED) is 0.766. The van der Waals surface area contributed by atoms with Crippen molar-refractivity contribution in [2.45, 2.75) is 33.2 Å². The molecule has 2 heterocycles. The highest BCUT2D eigenvalue weighted by atomic mass is 35.5. The van der Waals surface area contributed by atoms with Crippen LogP contribution in [0.5, 0.6) is 0 Å². The smallest absolute Gasteiger partial charge is 0.255 e. The zero-order valence-corrected chi connectivity index (χ0v) is 13.1. The first-order valence-corrected chi connectivity index (χ1v) is 7.09. The van der Waals surface area contributed by atoms with E-state index in [0.717, 1.165) is 24.3 Å². The second-order valence-electron chi connectivity index (χ2n) is 4.77. The molecule has 6 nitrogen and oxygen atoms in total. The Morgan fingerprint density at radius 3 is 2.90 bits per heavy atom. The lowest BCUT2D eigenvalue weighted by molar-refractivity contribution is 0.203. The largest absolute Gasteiger partial charge is 0.383 e. The van der Waals surface area contributed by atoms with Crippen molar-refractivity contribution in [1.29, 1.82) is 0 Å². The molecule has 0 N–H and O–H groups in total. The van der Waals surface area contributed by atoms with Gasteiger partial charge in [-0.25, -0.2) is 0 Å². The van der Waals surface area contributed by atoms with Crippen LogP contribution in [0.15, 0.2) is 6.33 Å². The second kappa shape index (κ2) is 6.37. The number of anilines is 1. The van der Waals surface area contributed by atoms with Gasteiger partial charge in [0, 0.05) is 25.3 Å². The Morgan fingerprint density at radius 1 is 1.50 bits per heavy atom. The third-order valence-electron chi connectivity index (χ3n) is 3.50. The molecule has 0 spiro atoms. The van der Waals surface area contributed by atoms with E-state index < -0.39 is 0 Å². The number of rotatable bonds is 6. The molecule has 20 heavy (non-hydrogen) atoms. The molecule has 2 aromatic heterocycles. The molecule has 0 aliphatic carbocycles. The van der Waals surface area contributed by atoms with Crippen molar-refractivity contribution in [3.8, 4) is 0 Å². The maximum Gasteiger partial charge on any atom is 0.255 e. The fourth-order valence-electron chi connectivity index (χ4n) is 2.17. The summed E-state index contributed by atoms with van der Waals surface area (Å²) in [5, 5.41) is 4.73. The lowest BCUT2D eigenvalue weighted by Gasteiger charge is -2.31. The van der Waals surface area contributed by atoms with E-state index in [0.29, 0.717) is 23.6 Å². The van der Waals surface area contributed by atoms with Gasteiger partial charge in [-0.2, -0.15) is 19.6 Å². The fourth-order valence-corrected chi connectivity index (χ4v) is 2.33. The molecule has 0 radical (unpaired) electrons. The minimum atomic E-state index is 0.342. The lowest BCUT2D eigenvalue weighted by Crippen LogP contribution is -2.37. The van der Waals surface area contributed by atoms with E-state index in [9.17, 15) is 0 Å². The van der Waals surface area contributed by atoms with Gasteiger partial charge >= 0.3 is 0 Å². The van der Waals surface area contributed by atoms with Crippen LogP contribution in [-0.2, 0) is 4.74 Å². The van der Waals surface area contributed by atoms with E-state index in [1.54, 1.807) is 11.6 Å². The summed E-state index contributed by atoms with van der Waals surface area (Å²) >= 11 is 6.23. The monoisotopic (exact) mass is 297 g/mol. The van der Waals surface area contributed by atoms with Gasteiger partial charge in [0.1, 0.15) is 17.3 Å². The first-order valence-electron chi connectivity index (χ1n) is 6.71. The summed E-state index contributed by atoms with van der Waals surface area (Å²) in [5.41, 5.74) is 0.904. The van der Waals surface area contributed by atoms with E-state index >= 15 is 0 Å². The Balaban J connectivity index is 2.56. The fraction of sp³-hybridized carbons (Fsp3) is 0.615. The number of hydrogen-bond acceptors (Lipinski definition) is 5. The van der Waals surface area contributed by atoms with Gasteiger partial charge in [-0.3, -0.25) is 0 Å². The van der Waals surface area contributed by atoms with Crippen molar-refractivity contribution >= 4 is 23.2 Å². The molecule has 0 saturated heterocycles. The predicted molar refractivity (Wildman–Crippen MR) is 79.5 cm³/mol. The molecule has 1 atom stereocenters. The van der Waals surface area contributed by atoms with Crippen molar-refractivity contribution in [3.63, 3.8) is 0 Å². The van der Waals surface area contributed by atoms with Crippen LogP contribution in [0, 0.1) is 6.92 Å². The molecule has 0 fully saturated rings. The molecule has 0 bridgehead atoms. The van der Waals surface area contributed by atoms with Gasteiger partial charge in [0.15, 0.2) is 0 Å². The molecule has 1 unspecified atom stereocenters. The summed E-state index contributed by atoms with van der Waals surface area (Å²) in [6.45, 7) is 7.68. The molecule has 0 aliphatic heterocycles. The zero-order chi connectivity index (χ0) is 14.7. The molecule has 2 rings (SSSR count). The molecule has 0 saturated carbocycles. The van der Waals surface area contributed by atoms with E-state index in [-0.39, 0.29) is 0 Å². The van der Waals surface area contributed by atoms with Crippen molar-refractivity contribution in [3.05, 3.63) is 17.0 Å². The Hall–Kier alpha value is -1.40. The predicted octanol–water partition coefficient (Wildman–Crippen LogP) is 2.34. The molecule has 0 aliphatic rings. The van der Waals surface area contributed by atoms with Crippen LogP contribution < -0.4 is 4.90 Å². The number of aromatic nitrogens is 4. The van der Waals surface area contributed by atoms with E-state index in [2.05, 4.69) is 33.8 Å². The van der Waals surface area contributed by atoms with Gasteiger partial charge in [0.25, 0.3) is 5.78 Å². The SMILES string of the molecule is CCC(C)N(CCOC)c1c(C)c(Cl)nc2ncnn12. The number of hydrogen-bond donors (Lipinski definition) is 0. The average Bonchev–Trinajstić information content (AvgIpc) is 2.89. The number of nitrogens with zero attached hydrogens (tertiary/aromatic N) is 5. The van der Waals surface area contributed by atoms with E-state index in [1.807, 2.05) is 6.92 Å². The summed E-state index contributed by atoms with van der Waals surface area (Å²) in [6, 6.07) is 0.342. The third-order valence-corrected chi connectivity index (χ3v) is 3.87. The Morgan fingerprint density at radius 2 is 2.25 bits per heavy atom. The van der Waals surface area contributed by atoms with Crippen LogP contribution in [0.2, 0.25) is 5.15 Å². The van der Waals surface area contributed by atoms with Gasteiger partial charge in [-0.05, 0) is 20.3 Å². The molecule has 110 valence electrons. The van der Waals surface area contributed by atoms with Crippen molar-refractivity contribution < 1.29 is 4.74 Å². The number of halogens is 1. The van der Waals surface area contributed by atoms with Crippen LogP contribution in [0.4, 0.5) is 5.82 Å². The third kappa shape index (κ3) is 2.71. The Labute approximate surface area is 123 Å². The summed E-state index contributed by atoms with van der Waals surface area (Å²) in [5.74, 6) is 1.45. The minimum absolute atomic E-state index is 0.342. The van der Waals surface area contributed by atoms with Crippen LogP contribution in [0.25, 0.3) is 5.78 Å². The highest BCUT2D eigenvalue weighted by Crippen LogP contribution is 2.27. The number of fused-ring (bicyclic) bond motifs is 1. The highest BCUT2D eigenvalue weighted by Gasteiger charge is 2.21. The molecular weight excluding hydrogens is 278 g/mol. The van der Waals surface area contributed by atoms with E-state index in [1.165, 1.54) is 6.33 Å². The first kappa shape index (κ1) is 15.0. The lowest BCUT2D eigenvalue weighted by atomic mass is 10.2. The maximum absolute atomic E-state index is 6.23. The molecular formula is C13H20ClN5O. The summed E-state index contributed by atoms with van der Waals surface area (Å²) in [7, 11) is 1.70. The molecule has 0 amide bonds. The van der Waals surface area contributed by atoms with Crippen LogP contribution in [0.1, 0.15) is 25.8 Å². The zero-order valence-electron chi connectivity index (χ0n) is 12.3. The van der Waals surface area contributed by atoms with Crippen LogP contribution >= 0.6 is 11.6 Å². The average molecular weight is 298 g/mol. The molecule has 0 aromatic carbocycles. The highest BCUT2D eigenvalue weighted by molar-refractivity contribution is 6.30. The standard InChI is InChI=1S/C13H20ClN5O/c1-5-9(2)18(6-7-20-4)12-10(3)11(14)17-13-15-8-16-19(12)13/h8-9H,5-7H2,1-4H3.